The van der Waals surface area contributed by atoms with Crippen molar-refractivity contribution in [3.63, 3.8) is 0 Å². The molecule has 0 fully saturated rings. The fourth-order valence-electron chi connectivity index (χ4n) is 1.89. The zero-order valence-corrected chi connectivity index (χ0v) is 12.0. The van der Waals surface area contributed by atoms with Gasteiger partial charge >= 0.3 is 0 Å². The minimum Gasteiger partial charge on any atom is -0.273 e. The number of aromatic nitrogens is 2. The number of rotatable bonds is 5. The fraction of sp³-hybridized carbons (Fsp3) is 0.267. The first-order valence-electron chi connectivity index (χ1n) is 6.63. The molecule has 21 heavy (non-hydrogen) atoms. The van der Waals surface area contributed by atoms with Gasteiger partial charge in [-0.2, -0.15) is 10.2 Å². The van der Waals surface area contributed by atoms with Crippen LogP contribution < -0.4 is 5.43 Å². The Morgan fingerprint density at radius 1 is 1.38 bits per heavy atom. The predicted molar refractivity (Wildman–Crippen MR) is 78.5 cm³/mol. The molecule has 2 rings (SSSR count). The molecule has 0 spiro atoms. The summed E-state index contributed by atoms with van der Waals surface area (Å²) in [7, 11) is 0. The fourth-order valence-corrected chi connectivity index (χ4v) is 1.89. The number of halogens is 1. The van der Waals surface area contributed by atoms with E-state index in [2.05, 4.69) is 15.6 Å². The molecule has 0 aliphatic rings. The van der Waals surface area contributed by atoms with Gasteiger partial charge in [0.25, 0.3) is 0 Å². The van der Waals surface area contributed by atoms with Gasteiger partial charge in [-0.3, -0.25) is 9.48 Å². The molecular formula is C15H17FN4O. The maximum Gasteiger partial charge on any atom is 0.241 e. The quantitative estimate of drug-likeness (QED) is 0.677. The number of hydrazone groups is 1. The molecule has 1 heterocycles. The molecule has 0 aliphatic carbocycles. The number of aryl methyl sites for hydroxylation is 3. The molecule has 0 saturated carbocycles. The second-order valence-electron chi connectivity index (χ2n) is 4.74. The molecule has 1 aromatic carbocycles. The Bertz CT molecular complexity index is 646. The van der Waals surface area contributed by atoms with E-state index in [9.17, 15) is 9.18 Å². The summed E-state index contributed by atoms with van der Waals surface area (Å²) in [5, 5.41) is 8.12. The number of benzene rings is 1. The Balaban J connectivity index is 1.79. The highest BCUT2D eigenvalue weighted by molar-refractivity contribution is 5.82. The second-order valence-corrected chi connectivity index (χ2v) is 4.74. The molecule has 1 amide bonds. The summed E-state index contributed by atoms with van der Waals surface area (Å²) in [5.74, 6) is -0.498. The summed E-state index contributed by atoms with van der Waals surface area (Å²) >= 11 is 0. The maximum absolute atomic E-state index is 12.7. The van der Waals surface area contributed by atoms with Crippen LogP contribution in [-0.2, 0) is 11.3 Å². The molecule has 6 heteroatoms. The molecule has 0 atom stereocenters. The van der Waals surface area contributed by atoms with Crippen molar-refractivity contribution in [3.8, 4) is 0 Å². The van der Waals surface area contributed by atoms with Crippen LogP contribution in [0.5, 0.6) is 0 Å². The van der Waals surface area contributed by atoms with Crippen molar-refractivity contribution in [1.82, 2.24) is 15.2 Å². The number of hydrogen-bond donors (Lipinski definition) is 1. The first-order valence-corrected chi connectivity index (χ1v) is 6.63. The molecule has 0 saturated heterocycles. The van der Waals surface area contributed by atoms with E-state index in [1.807, 2.05) is 19.9 Å². The van der Waals surface area contributed by atoms with Gasteiger partial charge in [-0.05, 0) is 37.6 Å². The van der Waals surface area contributed by atoms with Crippen molar-refractivity contribution in [2.24, 2.45) is 5.10 Å². The Hall–Kier alpha value is -2.50. The zero-order valence-electron chi connectivity index (χ0n) is 12.0. The lowest BCUT2D eigenvalue weighted by Gasteiger charge is -2.03. The van der Waals surface area contributed by atoms with Crippen molar-refractivity contribution in [3.05, 3.63) is 53.1 Å². The molecule has 2 aromatic rings. The van der Waals surface area contributed by atoms with Crippen LogP contribution in [0.1, 0.15) is 23.4 Å². The molecule has 110 valence electrons. The SMILES string of the molecule is Cc1cc(C)n(CCC(=O)N/N=C/c2ccc(F)cc2)n1. The number of carbonyl (C=O) groups excluding carboxylic acids is 1. The lowest BCUT2D eigenvalue weighted by atomic mass is 10.2. The van der Waals surface area contributed by atoms with Crippen LogP contribution in [-0.4, -0.2) is 21.9 Å². The first-order chi connectivity index (χ1) is 10.0. The highest BCUT2D eigenvalue weighted by atomic mass is 19.1. The second kappa shape index (κ2) is 6.78. The van der Waals surface area contributed by atoms with Crippen molar-refractivity contribution in [2.75, 3.05) is 0 Å². The smallest absolute Gasteiger partial charge is 0.241 e. The van der Waals surface area contributed by atoms with E-state index in [0.717, 1.165) is 17.0 Å². The predicted octanol–water partition coefficient (Wildman–Crippen LogP) is 2.18. The molecule has 5 nitrogen and oxygen atoms in total. The number of nitrogens with zero attached hydrogens (tertiary/aromatic N) is 3. The first kappa shape index (κ1) is 14.9. The van der Waals surface area contributed by atoms with E-state index >= 15 is 0 Å². The highest BCUT2D eigenvalue weighted by Crippen LogP contribution is 2.02. The van der Waals surface area contributed by atoms with Gasteiger partial charge in [-0.1, -0.05) is 12.1 Å². The molecule has 1 N–H and O–H groups in total. The van der Waals surface area contributed by atoms with Crippen LogP contribution in [0.2, 0.25) is 0 Å². The van der Waals surface area contributed by atoms with Crippen molar-refractivity contribution >= 4 is 12.1 Å². The third-order valence-electron chi connectivity index (χ3n) is 2.93. The van der Waals surface area contributed by atoms with Crippen LogP contribution >= 0.6 is 0 Å². The van der Waals surface area contributed by atoms with Gasteiger partial charge in [0.2, 0.25) is 5.91 Å². The lowest BCUT2D eigenvalue weighted by molar-refractivity contribution is -0.121. The van der Waals surface area contributed by atoms with Gasteiger partial charge in [0, 0.05) is 12.1 Å². The standard InChI is InChI=1S/C15H17FN4O/c1-11-9-12(2)20(19-11)8-7-15(21)18-17-10-13-3-5-14(16)6-4-13/h3-6,9-10H,7-8H2,1-2H3,(H,18,21)/b17-10+. The zero-order chi connectivity index (χ0) is 15.2. The van der Waals surface area contributed by atoms with E-state index in [1.165, 1.54) is 18.3 Å². The third kappa shape index (κ3) is 4.52. The number of nitrogens with one attached hydrogen (secondary N) is 1. The monoisotopic (exact) mass is 288 g/mol. The van der Waals surface area contributed by atoms with E-state index in [4.69, 9.17) is 0 Å². The topological polar surface area (TPSA) is 59.3 Å². The third-order valence-corrected chi connectivity index (χ3v) is 2.93. The van der Waals surface area contributed by atoms with Crippen molar-refractivity contribution < 1.29 is 9.18 Å². The van der Waals surface area contributed by atoms with Gasteiger partial charge in [-0.25, -0.2) is 9.82 Å². The van der Waals surface area contributed by atoms with Crippen LogP contribution in [0.4, 0.5) is 4.39 Å². The Morgan fingerprint density at radius 2 is 2.10 bits per heavy atom. The van der Waals surface area contributed by atoms with Crippen LogP contribution in [0, 0.1) is 19.7 Å². The summed E-state index contributed by atoms with van der Waals surface area (Å²) in [5.41, 5.74) is 5.11. The summed E-state index contributed by atoms with van der Waals surface area (Å²) in [6.45, 7) is 4.37. The van der Waals surface area contributed by atoms with Gasteiger partial charge in [0.1, 0.15) is 5.82 Å². The van der Waals surface area contributed by atoms with Gasteiger partial charge < -0.3 is 0 Å². The lowest BCUT2D eigenvalue weighted by Crippen LogP contribution is -2.20. The van der Waals surface area contributed by atoms with Crippen molar-refractivity contribution in [1.29, 1.82) is 0 Å². The Kier molecular flexibility index (Phi) is 4.81. The molecule has 1 aromatic heterocycles. The maximum atomic E-state index is 12.7. The molecule has 0 bridgehead atoms. The van der Waals surface area contributed by atoms with Crippen LogP contribution in [0.3, 0.4) is 0 Å². The summed E-state index contributed by atoms with van der Waals surface area (Å²) in [4.78, 5) is 11.7. The average molecular weight is 288 g/mol. The molecule has 0 unspecified atom stereocenters. The molecular weight excluding hydrogens is 271 g/mol. The van der Waals surface area contributed by atoms with Gasteiger partial charge in [-0.15, -0.1) is 0 Å². The summed E-state index contributed by atoms with van der Waals surface area (Å²) in [6.07, 6.45) is 1.77. The number of amides is 1. The highest BCUT2D eigenvalue weighted by Gasteiger charge is 2.04. The van der Waals surface area contributed by atoms with Crippen molar-refractivity contribution in [2.45, 2.75) is 26.8 Å². The van der Waals surface area contributed by atoms with Crippen LogP contribution in [0.25, 0.3) is 0 Å². The minimum atomic E-state index is -0.305. The number of hydrogen-bond acceptors (Lipinski definition) is 3. The van der Waals surface area contributed by atoms with E-state index in [0.29, 0.717) is 13.0 Å². The largest absolute Gasteiger partial charge is 0.273 e. The summed E-state index contributed by atoms with van der Waals surface area (Å²) in [6, 6.07) is 7.81. The Labute approximate surface area is 122 Å². The van der Waals surface area contributed by atoms with E-state index < -0.39 is 0 Å². The van der Waals surface area contributed by atoms with E-state index in [1.54, 1.807) is 16.8 Å². The normalized spacial score (nSPS) is 11.0. The summed E-state index contributed by atoms with van der Waals surface area (Å²) < 4.78 is 14.5. The minimum absolute atomic E-state index is 0.194. The molecule has 0 aliphatic heterocycles. The van der Waals surface area contributed by atoms with Crippen LogP contribution in [0.15, 0.2) is 35.4 Å². The Morgan fingerprint density at radius 3 is 2.71 bits per heavy atom. The number of carbonyl (C=O) groups is 1. The van der Waals surface area contributed by atoms with Gasteiger partial charge in [0.15, 0.2) is 0 Å². The average Bonchev–Trinajstić information content (AvgIpc) is 2.77. The van der Waals surface area contributed by atoms with E-state index in [-0.39, 0.29) is 11.7 Å². The molecule has 0 radical (unpaired) electrons. The van der Waals surface area contributed by atoms with Gasteiger partial charge in [0.05, 0.1) is 18.5 Å².